The molecule has 0 saturated carbocycles. The average Bonchev–Trinajstić information content (AvgIpc) is 2.80. The van der Waals surface area contributed by atoms with Crippen LogP contribution in [0.5, 0.6) is 0 Å². The van der Waals surface area contributed by atoms with E-state index in [-0.39, 0.29) is 5.71 Å². The van der Waals surface area contributed by atoms with Gasteiger partial charge in [-0.3, -0.25) is 14.6 Å². The minimum absolute atomic E-state index is 0.0269. The van der Waals surface area contributed by atoms with E-state index in [0.717, 1.165) is 34.4 Å². The van der Waals surface area contributed by atoms with Gasteiger partial charge in [-0.25, -0.2) is 0 Å². The Morgan fingerprint density at radius 3 is 2.24 bits per heavy atom. The molecule has 0 spiro atoms. The third-order valence-electron chi connectivity index (χ3n) is 6.06. The van der Waals surface area contributed by atoms with E-state index in [1.54, 1.807) is 18.3 Å². The van der Waals surface area contributed by atoms with E-state index in [9.17, 15) is 9.59 Å². The molecule has 2 unspecified atom stereocenters. The zero-order chi connectivity index (χ0) is 24.8. The van der Waals surface area contributed by atoms with Crippen LogP contribution >= 0.6 is 0 Å². The molecule has 2 amide bonds. The van der Waals surface area contributed by atoms with Crippen LogP contribution in [0.1, 0.15) is 49.8 Å². The second kappa shape index (κ2) is 10.9. The van der Waals surface area contributed by atoms with E-state index >= 15 is 0 Å². The maximum absolute atomic E-state index is 13.1. The SMILES string of the molecule is CCC(C)c1cccc(NC(=O)C(C(C)=N)C(=O)Nc2ccc(C)c(-c3ncccc3C)c2)c1. The summed E-state index contributed by atoms with van der Waals surface area (Å²) in [6, 6.07) is 17.0. The number of amides is 2. The Morgan fingerprint density at radius 2 is 1.62 bits per heavy atom. The van der Waals surface area contributed by atoms with Crippen molar-refractivity contribution >= 4 is 28.9 Å². The van der Waals surface area contributed by atoms with Gasteiger partial charge in [0.2, 0.25) is 11.8 Å². The van der Waals surface area contributed by atoms with Gasteiger partial charge in [-0.1, -0.05) is 38.1 Å². The summed E-state index contributed by atoms with van der Waals surface area (Å²) in [6.45, 7) is 9.68. The van der Waals surface area contributed by atoms with Gasteiger partial charge in [0.1, 0.15) is 0 Å². The maximum Gasteiger partial charge on any atom is 0.242 e. The van der Waals surface area contributed by atoms with E-state index in [1.807, 2.05) is 56.3 Å². The Bertz CT molecular complexity index is 1220. The maximum atomic E-state index is 13.1. The van der Waals surface area contributed by atoms with E-state index in [0.29, 0.717) is 17.3 Å². The molecule has 6 nitrogen and oxygen atoms in total. The molecule has 2 atom stereocenters. The Morgan fingerprint density at radius 1 is 0.941 bits per heavy atom. The molecular formula is C28H32N4O2. The first-order valence-electron chi connectivity index (χ1n) is 11.5. The molecule has 3 rings (SSSR count). The van der Waals surface area contributed by atoms with Crippen molar-refractivity contribution in [3.8, 4) is 11.3 Å². The molecule has 0 saturated heterocycles. The van der Waals surface area contributed by atoms with Crippen molar-refractivity contribution in [2.75, 3.05) is 10.6 Å². The number of nitrogens with one attached hydrogen (secondary N) is 3. The van der Waals surface area contributed by atoms with Gasteiger partial charge >= 0.3 is 0 Å². The highest BCUT2D eigenvalue weighted by atomic mass is 16.2. The van der Waals surface area contributed by atoms with Gasteiger partial charge in [0.05, 0.1) is 5.69 Å². The van der Waals surface area contributed by atoms with Crippen molar-refractivity contribution in [3.63, 3.8) is 0 Å². The molecule has 0 aliphatic rings. The monoisotopic (exact) mass is 456 g/mol. The standard InChI is InChI=1S/C28H32N4O2/c1-6-17(2)21-10-7-11-22(15-21)31-27(33)25(20(5)29)28(34)32-23-13-12-18(3)24(16-23)26-19(4)9-8-14-30-26/h7-17,25,29H,6H2,1-5H3,(H,31,33)(H,32,34). The predicted molar refractivity (Wildman–Crippen MR) is 138 cm³/mol. The third-order valence-corrected chi connectivity index (χ3v) is 6.06. The molecule has 0 fully saturated rings. The number of aryl methyl sites for hydroxylation is 2. The van der Waals surface area contributed by atoms with Gasteiger partial charge in [-0.15, -0.1) is 0 Å². The summed E-state index contributed by atoms with van der Waals surface area (Å²) >= 11 is 0. The molecule has 34 heavy (non-hydrogen) atoms. The summed E-state index contributed by atoms with van der Waals surface area (Å²) in [4.78, 5) is 30.6. The first-order valence-corrected chi connectivity index (χ1v) is 11.5. The first-order chi connectivity index (χ1) is 16.2. The number of nitrogens with zero attached hydrogens (tertiary/aromatic N) is 1. The Labute approximate surface area is 201 Å². The predicted octanol–water partition coefficient (Wildman–Crippen LogP) is 6.11. The van der Waals surface area contributed by atoms with Gasteiger partial charge in [-0.05, 0) is 80.1 Å². The zero-order valence-electron chi connectivity index (χ0n) is 20.4. The molecule has 3 N–H and O–H groups in total. The van der Waals surface area contributed by atoms with Crippen LogP contribution in [-0.4, -0.2) is 22.5 Å². The summed E-state index contributed by atoms with van der Waals surface area (Å²) in [5.41, 5.74) is 6.06. The number of carbonyl (C=O) groups is 2. The second-order valence-corrected chi connectivity index (χ2v) is 8.73. The molecule has 2 aromatic carbocycles. The fourth-order valence-corrected chi connectivity index (χ4v) is 3.82. The molecule has 0 aliphatic carbocycles. The van der Waals surface area contributed by atoms with Crippen molar-refractivity contribution in [1.82, 2.24) is 4.98 Å². The largest absolute Gasteiger partial charge is 0.325 e. The van der Waals surface area contributed by atoms with Crippen LogP contribution in [0.4, 0.5) is 11.4 Å². The van der Waals surface area contributed by atoms with Crippen LogP contribution in [0.25, 0.3) is 11.3 Å². The fourth-order valence-electron chi connectivity index (χ4n) is 3.82. The van der Waals surface area contributed by atoms with Crippen molar-refractivity contribution < 1.29 is 9.59 Å². The second-order valence-electron chi connectivity index (χ2n) is 8.73. The number of carbonyl (C=O) groups excluding carboxylic acids is 2. The summed E-state index contributed by atoms with van der Waals surface area (Å²) in [5.74, 6) is -1.96. The van der Waals surface area contributed by atoms with Crippen LogP contribution in [0.3, 0.4) is 0 Å². The Hall–Kier alpha value is -3.80. The van der Waals surface area contributed by atoms with Crippen molar-refractivity contribution in [2.45, 2.75) is 47.0 Å². The highest BCUT2D eigenvalue weighted by Crippen LogP contribution is 2.28. The third kappa shape index (κ3) is 5.76. The van der Waals surface area contributed by atoms with Crippen molar-refractivity contribution in [1.29, 1.82) is 5.41 Å². The van der Waals surface area contributed by atoms with E-state index < -0.39 is 17.7 Å². The first kappa shape index (κ1) is 24.8. The summed E-state index contributed by atoms with van der Waals surface area (Å²) in [5, 5.41) is 13.7. The Kier molecular flexibility index (Phi) is 7.95. The smallest absolute Gasteiger partial charge is 0.242 e. The fraction of sp³-hybridized carbons (Fsp3) is 0.286. The number of hydrogen-bond donors (Lipinski definition) is 3. The molecule has 0 aliphatic heterocycles. The van der Waals surface area contributed by atoms with Gasteiger partial charge in [0.25, 0.3) is 0 Å². The van der Waals surface area contributed by atoms with Gasteiger partial charge in [-0.2, -0.15) is 0 Å². The molecule has 176 valence electrons. The number of anilines is 2. The van der Waals surface area contributed by atoms with Crippen LogP contribution in [0, 0.1) is 25.2 Å². The van der Waals surface area contributed by atoms with Gasteiger partial charge < -0.3 is 16.0 Å². The van der Waals surface area contributed by atoms with E-state index in [2.05, 4.69) is 29.5 Å². The topological polar surface area (TPSA) is 94.9 Å². The zero-order valence-corrected chi connectivity index (χ0v) is 20.4. The van der Waals surface area contributed by atoms with Gasteiger partial charge in [0.15, 0.2) is 5.92 Å². The minimum Gasteiger partial charge on any atom is -0.325 e. The van der Waals surface area contributed by atoms with E-state index in [1.165, 1.54) is 6.92 Å². The quantitative estimate of drug-likeness (QED) is 0.282. The molecule has 1 heterocycles. The highest BCUT2D eigenvalue weighted by molar-refractivity contribution is 6.24. The number of hydrogen-bond acceptors (Lipinski definition) is 4. The van der Waals surface area contributed by atoms with Crippen LogP contribution < -0.4 is 10.6 Å². The molecule has 0 radical (unpaired) electrons. The van der Waals surface area contributed by atoms with Crippen molar-refractivity contribution in [3.05, 3.63) is 77.5 Å². The van der Waals surface area contributed by atoms with Gasteiger partial charge in [0, 0.05) is 28.8 Å². The number of rotatable bonds is 8. The Balaban J connectivity index is 1.81. The summed E-state index contributed by atoms with van der Waals surface area (Å²) < 4.78 is 0. The van der Waals surface area contributed by atoms with Crippen LogP contribution in [0.2, 0.25) is 0 Å². The molecular weight excluding hydrogens is 424 g/mol. The molecule has 3 aromatic rings. The number of pyridine rings is 1. The molecule has 1 aromatic heterocycles. The molecule has 6 heteroatoms. The lowest BCUT2D eigenvalue weighted by Crippen LogP contribution is -2.38. The average molecular weight is 457 g/mol. The lowest BCUT2D eigenvalue weighted by Gasteiger charge is -2.18. The highest BCUT2D eigenvalue weighted by Gasteiger charge is 2.29. The molecule has 0 bridgehead atoms. The lowest BCUT2D eigenvalue weighted by molar-refractivity contribution is -0.126. The lowest BCUT2D eigenvalue weighted by atomic mass is 9.97. The summed E-state index contributed by atoms with van der Waals surface area (Å²) in [7, 11) is 0. The van der Waals surface area contributed by atoms with Crippen LogP contribution in [-0.2, 0) is 9.59 Å². The normalized spacial score (nSPS) is 12.5. The number of aromatic nitrogens is 1. The minimum atomic E-state index is -1.24. The summed E-state index contributed by atoms with van der Waals surface area (Å²) in [6.07, 6.45) is 2.72. The van der Waals surface area contributed by atoms with Crippen molar-refractivity contribution in [2.24, 2.45) is 5.92 Å². The number of benzene rings is 2. The van der Waals surface area contributed by atoms with E-state index in [4.69, 9.17) is 5.41 Å². The van der Waals surface area contributed by atoms with Crippen LogP contribution in [0.15, 0.2) is 60.8 Å².